The summed E-state index contributed by atoms with van der Waals surface area (Å²) >= 11 is 1.79. The average molecular weight is 717 g/mol. The van der Waals surface area contributed by atoms with Gasteiger partial charge in [-0.15, -0.1) is 0 Å². The molecule has 6 aromatic carbocycles. The van der Waals surface area contributed by atoms with Crippen LogP contribution in [-0.4, -0.2) is 28.4 Å². The van der Waals surface area contributed by atoms with E-state index in [0.717, 1.165) is 44.3 Å². The predicted octanol–water partition coefficient (Wildman–Crippen LogP) is 8.11. The molecule has 0 saturated heterocycles. The Labute approximate surface area is 301 Å². The molecule has 0 N–H and O–H groups in total. The van der Waals surface area contributed by atoms with Crippen LogP contribution in [-0.2, 0) is 0 Å². The standard InChI is InChI=1S/C42H38O5P2S/c1-27-23-37(48(33-15-7-29(43-3)8-16-33)34-17-9-30(44-4)10-18-34)41-39(25-27)50-40-26-28(2)24-38(42(40)47-41)49(35-19-11-31(45-5)12-20-35)36-21-13-32(46-6)14-22-36/h7-26H,1-6H3. The fourth-order valence-corrected chi connectivity index (χ4v) is 12.4. The van der Waals surface area contributed by atoms with Crippen molar-refractivity contribution < 1.29 is 23.7 Å². The molecule has 0 bridgehead atoms. The summed E-state index contributed by atoms with van der Waals surface area (Å²) in [6, 6.07) is 42.8. The molecule has 8 heteroatoms. The number of benzene rings is 6. The van der Waals surface area contributed by atoms with Crippen LogP contribution in [0.15, 0.2) is 131 Å². The average Bonchev–Trinajstić information content (AvgIpc) is 3.15. The summed E-state index contributed by atoms with van der Waals surface area (Å²) in [4.78, 5) is 2.24. The summed E-state index contributed by atoms with van der Waals surface area (Å²) in [6.07, 6.45) is 0. The first-order valence-corrected chi connectivity index (χ1v) is 19.7. The molecular weight excluding hydrogens is 678 g/mol. The second-order valence-corrected chi connectivity index (χ2v) is 17.3. The predicted molar refractivity (Wildman–Crippen MR) is 210 cm³/mol. The van der Waals surface area contributed by atoms with Crippen molar-refractivity contribution in [3.05, 3.63) is 132 Å². The van der Waals surface area contributed by atoms with Crippen LogP contribution < -0.4 is 55.5 Å². The van der Waals surface area contributed by atoms with E-state index in [-0.39, 0.29) is 0 Å². The van der Waals surface area contributed by atoms with Gasteiger partial charge < -0.3 is 23.7 Å². The van der Waals surface area contributed by atoms with Gasteiger partial charge in [0, 0.05) is 10.6 Å². The van der Waals surface area contributed by atoms with Crippen molar-refractivity contribution in [1.82, 2.24) is 0 Å². The third-order valence-electron chi connectivity index (χ3n) is 8.59. The van der Waals surface area contributed by atoms with E-state index in [2.05, 4.69) is 86.6 Å². The number of hydrogen-bond donors (Lipinski definition) is 0. The van der Waals surface area contributed by atoms with E-state index < -0.39 is 15.8 Å². The summed E-state index contributed by atoms with van der Waals surface area (Å²) in [5.74, 6) is 5.14. The quantitative estimate of drug-likeness (QED) is 0.133. The van der Waals surface area contributed by atoms with Gasteiger partial charge >= 0.3 is 0 Å². The largest absolute Gasteiger partial charge is 0.497 e. The summed E-state index contributed by atoms with van der Waals surface area (Å²) in [6.45, 7) is 4.34. The fraction of sp³-hybridized carbons (Fsp3) is 0.143. The molecule has 0 spiro atoms. The molecule has 50 heavy (non-hydrogen) atoms. The normalized spacial score (nSPS) is 11.8. The van der Waals surface area contributed by atoms with E-state index in [1.165, 1.54) is 43.0 Å². The zero-order valence-corrected chi connectivity index (χ0v) is 31.5. The number of hydrogen-bond acceptors (Lipinski definition) is 6. The topological polar surface area (TPSA) is 46.2 Å². The first kappa shape index (κ1) is 34.0. The van der Waals surface area contributed by atoms with Crippen molar-refractivity contribution in [2.45, 2.75) is 23.6 Å². The number of aryl methyl sites for hydroxylation is 2. The highest BCUT2D eigenvalue weighted by molar-refractivity contribution is 7.99. The highest BCUT2D eigenvalue weighted by Crippen LogP contribution is 2.52. The minimum Gasteiger partial charge on any atom is -0.497 e. The maximum Gasteiger partial charge on any atom is 0.149 e. The van der Waals surface area contributed by atoms with Crippen LogP contribution in [0.3, 0.4) is 0 Å². The molecular formula is C42H38O5P2S. The van der Waals surface area contributed by atoms with Gasteiger partial charge in [-0.05, 0) is 135 Å². The molecule has 0 unspecified atom stereocenters. The number of ether oxygens (including phenoxy) is 5. The minimum atomic E-state index is -1.00. The summed E-state index contributed by atoms with van der Waals surface area (Å²) < 4.78 is 29.4. The lowest BCUT2D eigenvalue weighted by Crippen LogP contribution is -2.26. The second kappa shape index (κ2) is 14.8. The van der Waals surface area contributed by atoms with E-state index in [1.807, 2.05) is 48.5 Å². The molecule has 0 amide bonds. The number of fused-ring (bicyclic) bond motifs is 2. The van der Waals surface area contributed by atoms with Crippen molar-refractivity contribution in [2.75, 3.05) is 28.4 Å². The molecule has 1 aliphatic heterocycles. The van der Waals surface area contributed by atoms with Crippen LogP contribution in [0.2, 0.25) is 0 Å². The molecule has 5 nitrogen and oxygen atoms in total. The van der Waals surface area contributed by atoms with Crippen molar-refractivity contribution in [2.24, 2.45) is 0 Å². The lowest BCUT2D eigenvalue weighted by atomic mass is 10.2. The van der Waals surface area contributed by atoms with Crippen molar-refractivity contribution in [1.29, 1.82) is 0 Å². The summed E-state index contributed by atoms with van der Waals surface area (Å²) in [5, 5.41) is 7.19. The van der Waals surface area contributed by atoms with Crippen LogP contribution in [0.5, 0.6) is 34.5 Å². The van der Waals surface area contributed by atoms with Gasteiger partial charge in [-0.3, -0.25) is 0 Å². The molecule has 0 saturated carbocycles. The van der Waals surface area contributed by atoms with Gasteiger partial charge in [-0.25, -0.2) is 0 Å². The lowest BCUT2D eigenvalue weighted by molar-refractivity contribution is 0.415. The molecule has 6 aromatic rings. The van der Waals surface area contributed by atoms with Gasteiger partial charge in [0.05, 0.1) is 38.2 Å². The zero-order chi connectivity index (χ0) is 34.8. The third kappa shape index (κ3) is 6.81. The number of rotatable bonds is 10. The molecule has 0 aliphatic carbocycles. The smallest absolute Gasteiger partial charge is 0.149 e. The van der Waals surface area contributed by atoms with Crippen LogP contribution >= 0.6 is 27.6 Å². The Balaban J connectivity index is 1.41. The van der Waals surface area contributed by atoms with Crippen molar-refractivity contribution in [3.8, 4) is 34.5 Å². The van der Waals surface area contributed by atoms with Crippen molar-refractivity contribution in [3.63, 3.8) is 0 Å². The molecule has 252 valence electrons. The van der Waals surface area contributed by atoms with Gasteiger partial charge in [0.2, 0.25) is 0 Å². The summed E-state index contributed by atoms with van der Waals surface area (Å²) in [5.41, 5.74) is 2.39. The van der Waals surface area contributed by atoms with Crippen LogP contribution in [0, 0.1) is 13.8 Å². The Bertz CT molecular complexity index is 1870. The van der Waals surface area contributed by atoms with E-state index in [4.69, 9.17) is 23.7 Å². The van der Waals surface area contributed by atoms with Gasteiger partial charge in [-0.2, -0.15) is 0 Å². The molecule has 0 atom stereocenters. The van der Waals surface area contributed by atoms with Crippen molar-refractivity contribution >= 4 is 59.4 Å². The van der Waals surface area contributed by atoms with Gasteiger partial charge in [0.15, 0.2) is 0 Å². The van der Waals surface area contributed by atoms with Gasteiger partial charge in [0.1, 0.15) is 34.5 Å². The molecule has 7 rings (SSSR count). The van der Waals surface area contributed by atoms with E-state index in [0.29, 0.717) is 0 Å². The Morgan fingerprint density at radius 3 is 0.960 bits per heavy atom. The van der Waals surface area contributed by atoms with Crippen LogP contribution in [0.4, 0.5) is 0 Å². The highest BCUT2D eigenvalue weighted by Gasteiger charge is 2.32. The number of methoxy groups -OCH3 is 4. The van der Waals surface area contributed by atoms with Gasteiger partial charge in [-0.1, -0.05) is 60.3 Å². The fourth-order valence-electron chi connectivity index (χ4n) is 6.13. The van der Waals surface area contributed by atoms with E-state index in [9.17, 15) is 0 Å². The molecule has 0 fully saturated rings. The third-order valence-corrected chi connectivity index (χ3v) is 14.5. The van der Waals surface area contributed by atoms with Crippen LogP contribution in [0.1, 0.15) is 11.1 Å². The van der Waals surface area contributed by atoms with E-state index >= 15 is 0 Å². The van der Waals surface area contributed by atoms with Crippen LogP contribution in [0.25, 0.3) is 0 Å². The van der Waals surface area contributed by atoms with E-state index in [1.54, 1.807) is 40.2 Å². The first-order valence-electron chi connectivity index (χ1n) is 16.2. The second-order valence-electron chi connectivity index (χ2n) is 11.9. The maximum absolute atomic E-state index is 7.29. The Morgan fingerprint density at radius 2 is 0.700 bits per heavy atom. The zero-order valence-electron chi connectivity index (χ0n) is 28.9. The lowest BCUT2D eigenvalue weighted by Gasteiger charge is -2.31. The molecule has 0 aromatic heterocycles. The SMILES string of the molecule is COc1ccc(P(c2ccc(OC)cc2)c2cc(C)cc3c2Oc2c(cc(C)cc2P(c2ccc(OC)cc2)c2ccc(OC)cc2)S3)cc1. The monoisotopic (exact) mass is 716 g/mol. The summed E-state index contributed by atoms with van der Waals surface area (Å²) in [7, 11) is 4.80. The molecule has 1 aliphatic rings. The maximum atomic E-state index is 7.29. The molecule has 1 heterocycles. The first-order chi connectivity index (χ1) is 24.4. The Morgan fingerprint density at radius 1 is 0.420 bits per heavy atom. The highest BCUT2D eigenvalue weighted by atomic mass is 32.2. The van der Waals surface area contributed by atoms with Gasteiger partial charge in [0.25, 0.3) is 0 Å². The Hall–Kier alpha value is -4.47. The Kier molecular flexibility index (Phi) is 10.1. The minimum absolute atomic E-state index is 0.830. The molecule has 0 radical (unpaired) electrons.